The van der Waals surface area contributed by atoms with Crippen molar-refractivity contribution in [3.05, 3.63) is 35.9 Å². The second-order valence-electron chi connectivity index (χ2n) is 4.17. The van der Waals surface area contributed by atoms with Gasteiger partial charge in [0.2, 0.25) is 0 Å². The first-order valence-electron chi connectivity index (χ1n) is 6.54. The Balaban J connectivity index is 2.58. The Hall–Kier alpha value is -1.24. The Labute approximate surface area is 106 Å². The maximum atomic E-state index is 5.85. The van der Waals surface area contributed by atoms with Crippen LogP contribution >= 0.6 is 0 Å². The van der Waals surface area contributed by atoms with Crippen molar-refractivity contribution in [1.29, 1.82) is 0 Å². The highest BCUT2D eigenvalue weighted by Gasteiger charge is 2.06. The molecule has 0 heterocycles. The quantitative estimate of drug-likeness (QED) is 0.599. The van der Waals surface area contributed by atoms with Crippen molar-refractivity contribution < 1.29 is 4.74 Å². The van der Waals surface area contributed by atoms with Crippen LogP contribution in [0.3, 0.4) is 0 Å². The van der Waals surface area contributed by atoms with Gasteiger partial charge in [-0.05, 0) is 18.9 Å². The zero-order valence-corrected chi connectivity index (χ0v) is 11.0. The van der Waals surface area contributed by atoms with Crippen molar-refractivity contribution in [2.45, 2.75) is 46.0 Å². The average Bonchev–Trinajstić information content (AvgIpc) is 2.38. The molecule has 0 N–H and O–H groups in total. The smallest absolute Gasteiger partial charge is 0.130 e. The van der Waals surface area contributed by atoms with Crippen molar-refractivity contribution >= 4 is 6.08 Å². The van der Waals surface area contributed by atoms with Crippen LogP contribution in [-0.2, 0) is 6.42 Å². The highest BCUT2D eigenvalue weighted by molar-refractivity contribution is 5.57. The molecule has 1 nitrogen and oxygen atoms in total. The van der Waals surface area contributed by atoms with E-state index in [1.807, 2.05) is 12.1 Å². The Kier molecular flexibility index (Phi) is 6.46. The maximum Gasteiger partial charge on any atom is 0.130 e. The van der Waals surface area contributed by atoms with Gasteiger partial charge in [0.15, 0.2) is 0 Å². The molecule has 0 saturated heterocycles. The van der Waals surface area contributed by atoms with E-state index in [4.69, 9.17) is 11.3 Å². The van der Waals surface area contributed by atoms with E-state index < -0.39 is 0 Å². The summed E-state index contributed by atoms with van der Waals surface area (Å²) in [7, 11) is 0. The summed E-state index contributed by atoms with van der Waals surface area (Å²) < 4.78 is 5.85. The van der Waals surface area contributed by atoms with Gasteiger partial charge in [-0.3, -0.25) is 0 Å². The second kappa shape index (κ2) is 7.94. The number of ether oxygens (including phenoxy) is 1. The molecule has 92 valence electrons. The molecule has 1 rings (SSSR count). The third kappa shape index (κ3) is 4.26. The fourth-order valence-electron chi connectivity index (χ4n) is 1.81. The van der Waals surface area contributed by atoms with Crippen LogP contribution in [0, 0.1) is 12.6 Å². The first-order valence-corrected chi connectivity index (χ1v) is 6.54. The van der Waals surface area contributed by atoms with E-state index in [0.29, 0.717) is 0 Å². The Morgan fingerprint density at radius 2 is 2.12 bits per heavy atom. The molecule has 0 atom stereocenters. The van der Waals surface area contributed by atoms with Crippen LogP contribution in [-0.4, -0.2) is 6.61 Å². The van der Waals surface area contributed by atoms with Gasteiger partial charge in [-0.15, -0.1) is 0 Å². The lowest BCUT2D eigenvalue weighted by Crippen LogP contribution is -2.02. The van der Waals surface area contributed by atoms with Gasteiger partial charge in [-0.25, -0.2) is 0 Å². The normalized spacial score (nSPS) is 10.2. The average molecular weight is 230 g/mol. The molecule has 0 aliphatic carbocycles. The summed E-state index contributed by atoms with van der Waals surface area (Å²) >= 11 is 0. The number of rotatable bonds is 8. The summed E-state index contributed by atoms with van der Waals surface area (Å²) in [5, 5.41) is 0. The minimum absolute atomic E-state index is 0.770. The molecule has 17 heavy (non-hydrogen) atoms. The summed E-state index contributed by atoms with van der Waals surface area (Å²) in [6, 6.07) is 7.06. The van der Waals surface area contributed by atoms with Crippen LogP contribution in [0.25, 0.3) is 6.08 Å². The molecule has 1 heteroatoms. The van der Waals surface area contributed by atoms with Gasteiger partial charge in [0.1, 0.15) is 5.75 Å². The first-order chi connectivity index (χ1) is 8.33. The number of benzene rings is 1. The Bertz CT molecular complexity index is 341. The fourth-order valence-corrected chi connectivity index (χ4v) is 1.81. The molecule has 0 saturated carbocycles. The first kappa shape index (κ1) is 13.8. The topological polar surface area (TPSA) is 9.23 Å². The van der Waals surface area contributed by atoms with Crippen LogP contribution in [0.4, 0.5) is 0 Å². The molecule has 1 aromatic carbocycles. The Morgan fingerprint density at radius 3 is 2.76 bits per heavy atom. The van der Waals surface area contributed by atoms with Gasteiger partial charge in [-0.2, -0.15) is 0 Å². The molecular weight excluding hydrogens is 208 g/mol. The summed E-state index contributed by atoms with van der Waals surface area (Å²) in [5.74, 6) is 0.911. The minimum Gasteiger partial charge on any atom is -0.493 e. The standard InChI is InChI=1S/C16H22O/c1-4-7-8-9-13-17-16-14(5-2)11-10-12-15(16)6-3/h2,5,10-11H,4,6-9,13H2,1,3H3. The molecule has 0 aliphatic heterocycles. The van der Waals surface area contributed by atoms with Gasteiger partial charge >= 0.3 is 0 Å². The summed E-state index contributed by atoms with van der Waals surface area (Å²) in [6.45, 7) is 10.7. The number of aryl methyl sites for hydroxylation is 1. The van der Waals surface area contributed by atoms with Crippen LogP contribution in [0.5, 0.6) is 5.75 Å². The molecule has 0 bridgehead atoms. The highest BCUT2D eigenvalue weighted by Crippen LogP contribution is 2.25. The lowest BCUT2D eigenvalue weighted by Gasteiger charge is -2.13. The van der Waals surface area contributed by atoms with E-state index in [9.17, 15) is 0 Å². The molecule has 0 unspecified atom stereocenters. The number of hydrogen-bond acceptors (Lipinski definition) is 1. The predicted octanol–water partition coefficient (Wildman–Crippen LogP) is 4.45. The van der Waals surface area contributed by atoms with E-state index >= 15 is 0 Å². The molecule has 0 aliphatic rings. The second-order valence-corrected chi connectivity index (χ2v) is 4.17. The third-order valence-corrected chi connectivity index (χ3v) is 2.83. The lowest BCUT2D eigenvalue weighted by atomic mass is 10.1. The van der Waals surface area contributed by atoms with E-state index in [0.717, 1.165) is 36.3 Å². The number of hydrogen-bond donors (Lipinski definition) is 0. The van der Waals surface area contributed by atoms with Crippen LogP contribution in [0.2, 0.25) is 0 Å². The predicted molar refractivity (Wildman–Crippen MR) is 73.1 cm³/mol. The maximum absolute atomic E-state index is 5.85. The van der Waals surface area contributed by atoms with Gasteiger partial charge in [-0.1, -0.05) is 57.9 Å². The molecule has 2 radical (unpaired) electrons. The van der Waals surface area contributed by atoms with Crippen molar-refractivity contribution in [1.82, 2.24) is 0 Å². The van der Waals surface area contributed by atoms with Crippen LogP contribution < -0.4 is 4.74 Å². The SMILES string of the molecule is [CH]=Cc1cc[c]c(CC)c1OCCCCCC. The van der Waals surface area contributed by atoms with E-state index in [2.05, 4.69) is 19.9 Å². The van der Waals surface area contributed by atoms with Crippen LogP contribution in [0.15, 0.2) is 12.1 Å². The van der Waals surface area contributed by atoms with E-state index in [1.165, 1.54) is 19.3 Å². The van der Waals surface area contributed by atoms with Gasteiger partial charge < -0.3 is 4.74 Å². The Morgan fingerprint density at radius 1 is 1.29 bits per heavy atom. The van der Waals surface area contributed by atoms with Gasteiger partial charge in [0.05, 0.1) is 6.61 Å². The minimum atomic E-state index is 0.770. The molecule has 0 aromatic heterocycles. The zero-order chi connectivity index (χ0) is 12.5. The fraction of sp³-hybridized carbons (Fsp3) is 0.500. The molecule has 0 spiro atoms. The third-order valence-electron chi connectivity index (χ3n) is 2.83. The lowest BCUT2D eigenvalue weighted by molar-refractivity contribution is 0.301. The molecular formula is C16H22O. The van der Waals surface area contributed by atoms with Crippen molar-refractivity contribution in [2.24, 2.45) is 0 Å². The zero-order valence-electron chi connectivity index (χ0n) is 11.0. The number of unbranched alkanes of at least 4 members (excludes halogenated alkanes) is 3. The van der Waals surface area contributed by atoms with Gasteiger partial charge in [0.25, 0.3) is 0 Å². The molecule has 1 aromatic rings. The van der Waals surface area contributed by atoms with E-state index in [-0.39, 0.29) is 0 Å². The van der Waals surface area contributed by atoms with Crippen LogP contribution in [0.1, 0.15) is 50.7 Å². The van der Waals surface area contributed by atoms with Crippen molar-refractivity contribution in [3.8, 4) is 5.75 Å². The summed E-state index contributed by atoms with van der Waals surface area (Å²) in [6.07, 6.45) is 7.40. The molecule has 0 fully saturated rings. The highest BCUT2D eigenvalue weighted by atomic mass is 16.5. The molecule has 0 amide bonds. The summed E-state index contributed by atoms with van der Waals surface area (Å²) in [5.41, 5.74) is 2.08. The van der Waals surface area contributed by atoms with Crippen molar-refractivity contribution in [2.75, 3.05) is 6.61 Å². The summed E-state index contributed by atoms with van der Waals surface area (Å²) in [4.78, 5) is 0. The largest absolute Gasteiger partial charge is 0.493 e. The van der Waals surface area contributed by atoms with Crippen molar-refractivity contribution in [3.63, 3.8) is 0 Å². The van der Waals surface area contributed by atoms with E-state index in [1.54, 1.807) is 6.08 Å². The monoisotopic (exact) mass is 230 g/mol. The van der Waals surface area contributed by atoms with Gasteiger partial charge in [0, 0.05) is 11.1 Å².